The third-order valence-electron chi connectivity index (χ3n) is 3.22. The van der Waals surface area contributed by atoms with Gasteiger partial charge in [-0.1, -0.05) is 24.9 Å². The van der Waals surface area contributed by atoms with E-state index in [0.717, 1.165) is 0 Å². The number of nitrogens with one attached hydrogen (secondary N) is 1. The maximum absolute atomic E-state index is 11.9. The van der Waals surface area contributed by atoms with E-state index in [1.807, 2.05) is 6.92 Å². The molecule has 116 valence electrons. The van der Waals surface area contributed by atoms with Crippen LogP contribution in [-0.4, -0.2) is 30.6 Å². The zero-order valence-corrected chi connectivity index (χ0v) is 12.9. The molecule has 21 heavy (non-hydrogen) atoms. The van der Waals surface area contributed by atoms with E-state index in [4.69, 9.17) is 21.4 Å². The SMILES string of the molecule is CCC(CNC(=O)Cc1cc(Cl)ccc1OC)CC(=O)O. The van der Waals surface area contributed by atoms with Gasteiger partial charge in [-0.25, -0.2) is 0 Å². The van der Waals surface area contributed by atoms with E-state index in [1.165, 1.54) is 7.11 Å². The molecule has 0 saturated heterocycles. The lowest BCUT2D eigenvalue weighted by atomic mass is 10.0. The van der Waals surface area contributed by atoms with Crippen LogP contribution in [0.15, 0.2) is 18.2 Å². The van der Waals surface area contributed by atoms with Gasteiger partial charge in [-0.05, 0) is 24.1 Å². The number of methoxy groups -OCH3 is 1. The minimum absolute atomic E-state index is 0.0528. The van der Waals surface area contributed by atoms with Crippen molar-refractivity contribution < 1.29 is 19.4 Å². The first-order chi connectivity index (χ1) is 9.96. The molecule has 1 atom stereocenters. The Hall–Kier alpha value is -1.75. The number of hydrogen-bond acceptors (Lipinski definition) is 3. The molecular weight excluding hydrogens is 294 g/mol. The predicted octanol–water partition coefficient (Wildman–Crippen LogP) is 2.51. The molecule has 0 spiro atoms. The number of hydrogen-bond donors (Lipinski definition) is 2. The zero-order chi connectivity index (χ0) is 15.8. The molecule has 1 amide bonds. The number of carbonyl (C=O) groups excluding carboxylic acids is 1. The Morgan fingerprint density at radius 1 is 1.43 bits per heavy atom. The van der Waals surface area contributed by atoms with E-state index in [0.29, 0.717) is 29.3 Å². The minimum atomic E-state index is -0.854. The van der Waals surface area contributed by atoms with Crippen LogP contribution in [0.4, 0.5) is 0 Å². The van der Waals surface area contributed by atoms with E-state index in [-0.39, 0.29) is 24.7 Å². The minimum Gasteiger partial charge on any atom is -0.496 e. The van der Waals surface area contributed by atoms with Crippen LogP contribution in [0.1, 0.15) is 25.3 Å². The van der Waals surface area contributed by atoms with Crippen LogP contribution >= 0.6 is 11.6 Å². The molecule has 0 radical (unpaired) electrons. The Morgan fingerprint density at radius 3 is 2.71 bits per heavy atom. The average molecular weight is 314 g/mol. The standard InChI is InChI=1S/C15H20ClNO4/c1-3-10(6-15(19)20)9-17-14(18)8-11-7-12(16)4-5-13(11)21-2/h4-5,7,10H,3,6,8-9H2,1-2H3,(H,17,18)(H,19,20). The molecule has 0 bridgehead atoms. The van der Waals surface area contributed by atoms with Crippen molar-refractivity contribution in [3.8, 4) is 5.75 Å². The number of carbonyl (C=O) groups is 2. The smallest absolute Gasteiger partial charge is 0.303 e. The molecule has 1 aromatic rings. The van der Waals surface area contributed by atoms with Gasteiger partial charge in [0.05, 0.1) is 13.5 Å². The second kappa shape index (κ2) is 8.52. The lowest BCUT2D eigenvalue weighted by Gasteiger charge is -2.14. The first kappa shape index (κ1) is 17.3. The van der Waals surface area contributed by atoms with Gasteiger partial charge in [0.15, 0.2) is 0 Å². The van der Waals surface area contributed by atoms with Crippen molar-refractivity contribution in [1.82, 2.24) is 5.32 Å². The summed E-state index contributed by atoms with van der Waals surface area (Å²) in [7, 11) is 1.53. The normalized spacial score (nSPS) is 11.8. The number of carboxylic acids is 1. The van der Waals surface area contributed by atoms with E-state index in [1.54, 1.807) is 18.2 Å². The predicted molar refractivity (Wildman–Crippen MR) is 80.8 cm³/mol. The van der Waals surface area contributed by atoms with Crippen molar-refractivity contribution in [3.63, 3.8) is 0 Å². The highest BCUT2D eigenvalue weighted by molar-refractivity contribution is 6.30. The number of ether oxygens (including phenoxy) is 1. The maximum Gasteiger partial charge on any atom is 0.303 e. The molecular formula is C15H20ClNO4. The molecule has 0 saturated carbocycles. The number of carboxylic acid groups (broad SMARTS) is 1. The van der Waals surface area contributed by atoms with Gasteiger partial charge in [0, 0.05) is 23.6 Å². The van der Waals surface area contributed by atoms with Crippen LogP contribution in [0, 0.1) is 5.92 Å². The van der Waals surface area contributed by atoms with Crippen molar-refractivity contribution >= 4 is 23.5 Å². The monoisotopic (exact) mass is 313 g/mol. The van der Waals surface area contributed by atoms with Crippen molar-refractivity contribution in [3.05, 3.63) is 28.8 Å². The second-order valence-electron chi connectivity index (χ2n) is 4.81. The molecule has 6 heteroatoms. The van der Waals surface area contributed by atoms with Gasteiger partial charge < -0.3 is 15.2 Å². The highest BCUT2D eigenvalue weighted by Gasteiger charge is 2.14. The summed E-state index contributed by atoms with van der Waals surface area (Å²) in [6.07, 6.45) is 0.900. The third-order valence-corrected chi connectivity index (χ3v) is 3.46. The van der Waals surface area contributed by atoms with Crippen LogP contribution in [0.5, 0.6) is 5.75 Å². The van der Waals surface area contributed by atoms with E-state index >= 15 is 0 Å². The highest BCUT2D eigenvalue weighted by Crippen LogP contribution is 2.23. The Balaban J connectivity index is 2.57. The molecule has 0 aliphatic heterocycles. The zero-order valence-electron chi connectivity index (χ0n) is 12.2. The largest absolute Gasteiger partial charge is 0.496 e. The Bertz CT molecular complexity index is 504. The molecule has 2 N–H and O–H groups in total. The Labute approximate surface area is 129 Å². The van der Waals surface area contributed by atoms with Gasteiger partial charge >= 0.3 is 5.97 Å². The van der Waals surface area contributed by atoms with Gasteiger partial charge in [0.25, 0.3) is 0 Å². The van der Waals surface area contributed by atoms with Gasteiger partial charge in [-0.3, -0.25) is 9.59 Å². The van der Waals surface area contributed by atoms with Crippen LogP contribution in [0.3, 0.4) is 0 Å². The molecule has 0 heterocycles. The number of rotatable bonds is 8. The summed E-state index contributed by atoms with van der Waals surface area (Å²) >= 11 is 5.91. The highest BCUT2D eigenvalue weighted by atomic mass is 35.5. The van der Waals surface area contributed by atoms with E-state index < -0.39 is 5.97 Å². The maximum atomic E-state index is 11.9. The summed E-state index contributed by atoms with van der Waals surface area (Å²) in [5, 5.41) is 12.1. The van der Waals surface area contributed by atoms with Crippen LogP contribution in [-0.2, 0) is 16.0 Å². The number of aliphatic carboxylic acids is 1. The summed E-state index contributed by atoms with van der Waals surface area (Å²) in [5.74, 6) is -0.494. The molecule has 1 rings (SSSR count). The van der Waals surface area contributed by atoms with Crippen molar-refractivity contribution in [2.75, 3.05) is 13.7 Å². The van der Waals surface area contributed by atoms with Crippen molar-refractivity contribution in [1.29, 1.82) is 0 Å². The van der Waals surface area contributed by atoms with Gasteiger partial charge in [0.1, 0.15) is 5.75 Å². The molecule has 0 aromatic heterocycles. The van der Waals surface area contributed by atoms with Crippen molar-refractivity contribution in [2.24, 2.45) is 5.92 Å². The first-order valence-corrected chi connectivity index (χ1v) is 7.15. The first-order valence-electron chi connectivity index (χ1n) is 6.77. The van der Waals surface area contributed by atoms with Crippen LogP contribution in [0.2, 0.25) is 5.02 Å². The molecule has 0 aliphatic carbocycles. The lowest BCUT2D eigenvalue weighted by Crippen LogP contribution is -2.31. The molecule has 5 nitrogen and oxygen atoms in total. The fourth-order valence-corrected chi connectivity index (χ4v) is 2.18. The fraction of sp³-hybridized carbons (Fsp3) is 0.467. The molecule has 0 aliphatic rings. The van der Waals surface area contributed by atoms with Gasteiger partial charge in [-0.2, -0.15) is 0 Å². The summed E-state index contributed by atoms with van der Waals surface area (Å²) in [6.45, 7) is 2.25. The summed E-state index contributed by atoms with van der Waals surface area (Å²) < 4.78 is 5.18. The molecule has 1 aromatic carbocycles. The number of amides is 1. The lowest BCUT2D eigenvalue weighted by molar-refractivity contribution is -0.138. The quantitative estimate of drug-likeness (QED) is 0.773. The summed E-state index contributed by atoms with van der Waals surface area (Å²) in [6, 6.07) is 5.10. The second-order valence-corrected chi connectivity index (χ2v) is 5.25. The Morgan fingerprint density at radius 2 is 2.14 bits per heavy atom. The van der Waals surface area contributed by atoms with E-state index in [2.05, 4.69) is 5.32 Å². The fourth-order valence-electron chi connectivity index (χ4n) is 1.99. The average Bonchev–Trinajstić information content (AvgIpc) is 2.43. The summed E-state index contributed by atoms with van der Waals surface area (Å²) in [5.41, 5.74) is 0.703. The third kappa shape index (κ3) is 6.04. The van der Waals surface area contributed by atoms with Crippen molar-refractivity contribution in [2.45, 2.75) is 26.2 Å². The summed E-state index contributed by atoms with van der Waals surface area (Å²) in [4.78, 5) is 22.6. The number of benzene rings is 1. The van der Waals surface area contributed by atoms with Gasteiger partial charge in [-0.15, -0.1) is 0 Å². The molecule has 1 unspecified atom stereocenters. The molecule has 0 fully saturated rings. The topological polar surface area (TPSA) is 75.6 Å². The van der Waals surface area contributed by atoms with Crippen LogP contribution < -0.4 is 10.1 Å². The van der Waals surface area contributed by atoms with E-state index in [9.17, 15) is 9.59 Å². The number of halogens is 1. The Kier molecular flexibility index (Phi) is 7.02. The van der Waals surface area contributed by atoms with Crippen LogP contribution in [0.25, 0.3) is 0 Å². The van der Waals surface area contributed by atoms with Gasteiger partial charge in [0.2, 0.25) is 5.91 Å².